The Labute approximate surface area is 97.8 Å². The quantitative estimate of drug-likeness (QED) is 0.756. The highest BCUT2D eigenvalue weighted by Crippen LogP contribution is 2.14. The predicted molar refractivity (Wildman–Crippen MR) is 69.7 cm³/mol. The molecule has 0 unspecified atom stereocenters. The van der Waals surface area contributed by atoms with Gasteiger partial charge in [0.25, 0.3) is 0 Å². The van der Waals surface area contributed by atoms with Crippen molar-refractivity contribution in [1.29, 1.82) is 0 Å². The summed E-state index contributed by atoms with van der Waals surface area (Å²) in [4.78, 5) is 0. The predicted octanol–water partition coefficient (Wildman–Crippen LogP) is 2.80. The molecule has 2 nitrogen and oxygen atoms in total. The van der Waals surface area contributed by atoms with Gasteiger partial charge >= 0.3 is 0 Å². The number of anilines is 1. The molecule has 0 aromatic heterocycles. The van der Waals surface area contributed by atoms with Gasteiger partial charge < -0.3 is 10.6 Å². The van der Waals surface area contributed by atoms with Crippen LogP contribution >= 0.6 is 0 Å². The molecular weight excluding hydrogens is 196 g/mol. The first-order valence-electron chi connectivity index (χ1n) is 6.12. The summed E-state index contributed by atoms with van der Waals surface area (Å²) < 4.78 is 0. The zero-order valence-electron chi connectivity index (χ0n) is 9.82. The van der Waals surface area contributed by atoms with E-state index in [2.05, 4.69) is 54.0 Å². The zero-order valence-corrected chi connectivity index (χ0v) is 9.82. The van der Waals surface area contributed by atoms with Crippen LogP contribution in [-0.2, 0) is 0 Å². The van der Waals surface area contributed by atoms with E-state index in [0.717, 1.165) is 6.54 Å². The van der Waals surface area contributed by atoms with Crippen molar-refractivity contribution in [1.82, 2.24) is 5.32 Å². The van der Waals surface area contributed by atoms with Gasteiger partial charge in [0.1, 0.15) is 0 Å². The van der Waals surface area contributed by atoms with Gasteiger partial charge in [-0.15, -0.1) is 0 Å². The van der Waals surface area contributed by atoms with E-state index in [1.807, 2.05) is 6.07 Å². The standard InChI is InChI=1S/C14H20N2/c1-2-7-13-14(10-6-11-15-13)16-12-8-4-3-5-9-12/h3-6,8-10,13-16H,2,7,11H2,1H3/t13-,14+/m1/s1. The minimum absolute atomic E-state index is 0.413. The first kappa shape index (κ1) is 11.2. The van der Waals surface area contributed by atoms with Crippen molar-refractivity contribution in [3.8, 4) is 0 Å². The Morgan fingerprint density at radius 3 is 2.88 bits per heavy atom. The smallest absolute Gasteiger partial charge is 0.0598 e. The molecule has 0 amide bonds. The molecule has 0 fully saturated rings. The molecule has 0 radical (unpaired) electrons. The van der Waals surface area contributed by atoms with E-state index in [1.165, 1.54) is 18.5 Å². The average Bonchev–Trinajstić information content (AvgIpc) is 2.33. The first-order chi connectivity index (χ1) is 7.90. The molecule has 0 saturated heterocycles. The van der Waals surface area contributed by atoms with E-state index in [1.54, 1.807) is 0 Å². The summed E-state index contributed by atoms with van der Waals surface area (Å²) in [6.45, 7) is 3.23. The highest BCUT2D eigenvalue weighted by Gasteiger charge is 2.19. The van der Waals surface area contributed by atoms with Gasteiger partial charge in [-0.05, 0) is 18.6 Å². The highest BCUT2D eigenvalue weighted by molar-refractivity contribution is 5.45. The number of para-hydroxylation sites is 1. The van der Waals surface area contributed by atoms with Crippen LogP contribution in [0.15, 0.2) is 42.5 Å². The van der Waals surface area contributed by atoms with Crippen molar-refractivity contribution in [2.24, 2.45) is 0 Å². The van der Waals surface area contributed by atoms with Crippen LogP contribution in [0.2, 0.25) is 0 Å². The SMILES string of the molecule is CCC[C@H]1NCC=C[C@@H]1Nc1ccccc1. The zero-order chi connectivity index (χ0) is 11.2. The summed E-state index contributed by atoms with van der Waals surface area (Å²) >= 11 is 0. The molecule has 0 saturated carbocycles. The third-order valence-electron chi connectivity index (χ3n) is 2.98. The van der Waals surface area contributed by atoms with Gasteiger partial charge in [-0.1, -0.05) is 43.7 Å². The van der Waals surface area contributed by atoms with Crippen molar-refractivity contribution in [3.05, 3.63) is 42.5 Å². The monoisotopic (exact) mass is 216 g/mol. The molecule has 2 atom stereocenters. The summed E-state index contributed by atoms with van der Waals surface area (Å²) in [7, 11) is 0. The number of rotatable bonds is 4. The summed E-state index contributed by atoms with van der Waals surface area (Å²) in [5.74, 6) is 0. The Hall–Kier alpha value is -1.28. The van der Waals surface area contributed by atoms with E-state index in [0.29, 0.717) is 12.1 Å². The molecule has 0 bridgehead atoms. The van der Waals surface area contributed by atoms with Gasteiger partial charge in [-0.25, -0.2) is 0 Å². The largest absolute Gasteiger partial charge is 0.377 e. The van der Waals surface area contributed by atoms with Gasteiger partial charge in [0, 0.05) is 18.3 Å². The third-order valence-corrected chi connectivity index (χ3v) is 2.98. The number of nitrogens with one attached hydrogen (secondary N) is 2. The fraction of sp³-hybridized carbons (Fsp3) is 0.429. The maximum Gasteiger partial charge on any atom is 0.0598 e. The normalized spacial score (nSPS) is 24.3. The van der Waals surface area contributed by atoms with Crippen LogP contribution in [0.5, 0.6) is 0 Å². The van der Waals surface area contributed by atoms with Crippen LogP contribution in [0.4, 0.5) is 5.69 Å². The van der Waals surface area contributed by atoms with E-state index in [9.17, 15) is 0 Å². The molecule has 2 heteroatoms. The maximum absolute atomic E-state index is 3.57. The summed E-state index contributed by atoms with van der Waals surface area (Å²) in [6, 6.07) is 11.4. The van der Waals surface area contributed by atoms with Crippen LogP contribution < -0.4 is 10.6 Å². The molecule has 16 heavy (non-hydrogen) atoms. The van der Waals surface area contributed by atoms with E-state index < -0.39 is 0 Å². The van der Waals surface area contributed by atoms with E-state index in [4.69, 9.17) is 0 Å². The minimum Gasteiger partial charge on any atom is -0.377 e. The lowest BCUT2D eigenvalue weighted by molar-refractivity contribution is 0.460. The lowest BCUT2D eigenvalue weighted by atomic mass is 9.99. The molecule has 1 aromatic carbocycles. The average molecular weight is 216 g/mol. The lowest BCUT2D eigenvalue weighted by Gasteiger charge is -2.30. The van der Waals surface area contributed by atoms with Crippen molar-refractivity contribution < 1.29 is 0 Å². The molecule has 86 valence electrons. The molecule has 2 rings (SSSR count). The molecule has 1 aromatic rings. The second-order valence-corrected chi connectivity index (χ2v) is 4.27. The number of hydrogen-bond acceptors (Lipinski definition) is 2. The van der Waals surface area contributed by atoms with E-state index >= 15 is 0 Å². The first-order valence-corrected chi connectivity index (χ1v) is 6.12. The highest BCUT2D eigenvalue weighted by atomic mass is 15.0. The molecule has 0 aliphatic carbocycles. The van der Waals surface area contributed by atoms with Crippen molar-refractivity contribution in [2.45, 2.75) is 31.8 Å². The van der Waals surface area contributed by atoms with Gasteiger partial charge in [0.15, 0.2) is 0 Å². The van der Waals surface area contributed by atoms with Gasteiger partial charge in [-0.3, -0.25) is 0 Å². The van der Waals surface area contributed by atoms with E-state index in [-0.39, 0.29) is 0 Å². The molecule has 1 aliphatic heterocycles. The van der Waals surface area contributed by atoms with Crippen molar-refractivity contribution >= 4 is 5.69 Å². The molecule has 0 spiro atoms. The van der Waals surface area contributed by atoms with Crippen LogP contribution in [0.3, 0.4) is 0 Å². The van der Waals surface area contributed by atoms with Crippen LogP contribution in [0, 0.1) is 0 Å². The fourth-order valence-electron chi connectivity index (χ4n) is 2.16. The number of benzene rings is 1. The second-order valence-electron chi connectivity index (χ2n) is 4.27. The van der Waals surface area contributed by atoms with Crippen LogP contribution in [0.25, 0.3) is 0 Å². The topological polar surface area (TPSA) is 24.1 Å². The van der Waals surface area contributed by atoms with Gasteiger partial charge in [-0.2, -0.15) is 0 Å². The summed E-state index contributed by atoms with van der Waals surface area (Å²) in [5.41, 5.74) is 1.20. The van der Waals surface area contributed by atoms with Crippen molar-refractivity contribution in [3.63, 3.8) is 0 Å². The Bertz CT molecular complexity index is 332. The Morgan fingerprint density at radius 1 is 1.31 bits per heavy atom. The minimum atomic E-state index is 0.413. The molecule has 1 heterocycles. The second kappa shape index (κ2) is 5.71. The van der Waals surface area contributed by atoms with Gasteiger partial charge in [0.05, 0.1) is 6.04 Å². The van der Waals surface area contributed by atoms with Crippen LogP contribution in [-0.4, -0.2) is 18.6 Å². The van der Waals surface area contributed by atoms with Crippen LogP contribution in [0.1, 0.15) is 19.8 Å². The summed E-state index contributed by atoms with van der Waals surface area (Å²) in [6.07, 6.45) is 6.92. The lowest BCUT2D eigenvalue weighted by Crippen LogP contribution is -2.45. The Kier molecular flexibility index (Phi) is 4.00. The summed E-state index contributed by atoms with van der Waals surface area (Å²) in [5, 5.41) is 7.11. The fourth-order valence-corrected chi connectivity index (χ4v) is 2.16. The Balaban J connectivity index is 2.01. The van der Waals surface area contributed by atoms with Gasteiger partial charge in [0.2, 0.25) is 0 Å². The Morgan fingerprint density at radius 2 is 2.12 bits per heavy atom. The third kappa shape index (κ3) is 2.86. The molecule has 1 aliphatic rings. The maximum atomic E-state index is 3.57. The van der Waals surface area contributed by atoms with Crippen molar-refractivity contribution in [2.75, 3.05) is 11.9 Å². The molecule has 2 N–H and O–H groups in total. The molecular formula is C14H20N2. The number of hydrogen-bond donors (Lipinski definition) is 2.